The molecule has 0 spiro atoms. The molecule has 3 rings (SSSR count). The zero-order valence-electron chi connectivity index (χ0n) is 9.47. The Morgan fingerprint density at radius 3 is 2.71 bits per heavy atom. The maximum absolute atomic E-state index is 5.53. The highest BCUT2D eigenvalue weighted by Crippen LogP contribution is 2.35. The van der Waals surface area contributed by atoms with Crippen molar-refractivity contribution in [1.29, 1.82) is 0 Å². The lowest BCUT2D eigenvalue weighted by Gasteiger charge is -2.10. The largest absolute Gasteiger partial charge is 0.495 e. The Labute approximate surface area is 99.0 Å². The highest BCUT2D eigenvalue weighted by atomic mass is 16.5. The Morgan fingerprint density at radius 2 is 1.94 bits per heavy atom. The minimum absolute atomic E-state index is 0.882. The number of nitrogens with zero attached hydrogens (tertiary/aromatic N) is 1. The third kappa shape index (κ3) is 1.56. The third-order valence-electron chi connectivity index (χ3n) is 2.87. The van der Waals surface area contributed by atoms with Crippen LogP contribution in [-0.2, 0) is 0 Å². The lowest BCUT2D eigenvalue weighted by Crippen LogP contribution is -1.90. The summed E-state index contributed by atoms with van der Waals surface area (Å²) < 4.78 is 5.53. The maximum atomic E-state index is 5.53. The van der Waals surface area contributed by atoms with E-state index in [0.29, 0.717) is 0 Å². The van der Waals surface area contributed by atoms with Gasteiger partial charge < -0.3 is 4.74 Å². The van der Waals surface area contributed by atoms with Gasteiger partial charge in [-0.25, -0.2) is 0 Å². The molecule has 0 radical (unpaired) electrons. The van der Waals surface area contributed by atoms with E-state index in [2.05, 4.69) is 34.5 Å². The van der Waals surface area contributed by atoms with Crippen LogP contribution in [0.25, 0.3) is 22.0 Å². The van der Waals surface area contributed by atoms with E-state index in [9.17, 15) is 0 Å². The Balaban J connectivity index is 2.33. The van der Waals surface area contributed by atoms with Crippen molar-refractivity contribution in [2.24, 2.45) is 0 Å². The van der Waals surface area contributed by atoms with Gasteiger partial charge >= 0.3 is 0 Å². The summed E-state index contributed by atoms with van der Waals surface area (Å²) in [4.78, 5) is 0. The third-order valence-corrected chi connectivity index (χ3v) is 2.87. The molecule has 84 valence electrons. The molecule has 0 aliphatic heterocycles. The number of aromatic amines is 1. The summed E-state index contributed by atoms with van der Waals surface area (Å²) in [6, 6.07) is 14.3. The Kier molecular flexibility index (Phi) is 2.29. The van der Waals surface area contributed by atoms with E-state index in [-0.39, 0.29) is 0 Å². The smallest absolute Gasteiger partial charge is 0.136 e. The fourth-order valence-corrected chi connectivity index (χ4v) is 2.08. The van der Waals surface area contributed by atoms with Gasteiger partial charge in [0.1, 0.15) is 5.75 Å². The highest BCUT2D eigenvalue weighted by Gasteiger charge is 2.10. The monoisotopic (exact) mass is 224 g/mol. The Bertz CT molecular complexity index is 644. The number of ether oxygens (including phenoxy) is 1. The van der Waals surface area contributed by atoms with Crippen LogP contribution >= 0.6 is 0 Å². The van der Waals surface area contributed by atoms with E-state index in [4.69, 9.17) is 4.74 Å². The van der Waals surface area contributed by atoms with Gasteiger partial charge in [-0.15, -0.1) is 0 Å². The van der Waals surface area contributed by atoms with Gasteiger partial charge in [0.05, 0.1) is 12.8 Å². The molecule has 1 heterocycles. The van der Waals surface area contributed by atoms with Crippen molar-refractivity contribution in [1.82, 2.24) is 10.2 Å². The lowest BCUT2D eigenvalue weighted by atomic mass is 10.0. The van der Waals surface area contributed by atoms with Crippen LogP contribution in [0.1, 0.15) is 0 Å². The molecule has 0 saturated carbocycles. The standard InChI is InChI=1S/C14H12N2O/c1-17-14-11-5-3-2-4-10(11)6-7-12(14)13-8-9-15-16-13/h2-9H,1H3,(H,15,16). The van der Waals surface area contributed by atoms with E-state index < -0.39 is 0 Å². The summed E-state index contributed by atoms with van der Waals surface area (Å²) in [6.45, 7) is 0. The molecule has 0 aliphatic carbocycles. The van der Waals surface area contributed by atoms with Crippen molar-refractivity contribution < 1.29 is 4.74 Å². The van der Waals surface area contributed by atoms with Crippen molar-refractivity contribution in [3.8, 4) is 17.0 Å². The minimum atomic E-state index is 0.882. The summed E-state index contributed by atoms with van der Waals surface area (Å²) in [5, 5.41) is 9.22. The second-order valence-corrected chi connectivity index (χ2v) is 3.84. The second kappa shape index (κ2) is 3.94. The molecule has 3 heteroatoms. The van der Waals surface area contributed by atoms with Crippen molar-refractivity contribution in [2.45, 2.75) is 0 Å². The normalized spacial score (nSPS) is 10.6. The first-order chi connectivity index (χ1) is 8.40. The van der Waals surface area contributed by atoms with Gasteiger partial charge in [-0.05, 0) is 17.5 Å². The van der Waals surface area contributed by atoms with Crippen molar-refractivity contribution >= 4 is 10.8 Å². The molecule has 3 nitrogen and oxygen atoms in total. The predicted octanol–water partition coefficient (Wildman–Crippen LogP) is 3.24. The molecule has 0 unspecified atom stereocenters. The first-order valence-corrected chi connectivity index (χ1v) is 5.45. The van der Waals surface area contributed by atoms with Crippen molar-refractivity contribution in [3.63, 3.8) is 0 Å². The van der Waals surface area contributed by atoms with E-state index >= 15 is 0 Å². The second-order valence-electron chi connectivity index (χ2n) is 3.84. The topological polar surface area (TPSA) is 37.9 Å². The quantitative estimate of drug-likeness (QED) is 0.725. The molecule has 0 atom stereocenters. The highest BCUT2D eigenvalue weighted by molar-refractivity contribution is 5.94. The van der Waals surface area contributed by atoms with Crippen LogP contribution < -0.4 is 4.74 Å². The summed E-state index contributed by atoms with van der Waals surface area (Å²) >= 11 is 0. The summed E-state index contributed by atoms with van der Waals surface area (Å²) in [5.41, 5.74) is 2.00. The number of hydrogen-bond donors (Lipinski definition) is 1. The van der Waals surface area contributed by atoms with Gasteiger partial charge in [-0.2, -0.15) is 5.10 Å². The number of methoxy groups -OCH3 is 1. The number of hydrogen-bond acceptors (Lipinski definition) is 2. The van der Waals surface area contributed by atoms with Crippen LogP contribution in [0.15, 0.2) is 48.7 Å². The first-order valence-electron chi connectivity index (χ1n) is 5.45. The van der Waals surface area contributed by atoms with E-state index in [0.717, 1.165) is 22.4 Å². The van der Waals surface area contributed by atoms with Crippen molar-refractivity contribution in [3.05, 3.63) is 48.7 Å². The van der Waals surface area contributed by atoms with Gasteiger partial charge in [0.15, 0.2) is 0 Å². The number of aromatic nitrogens is 2. The SMILES string of the molecule is COc1c(-c2ccn[nH]2)ccc2ccccc12. The summed E-state index contributed by atoms with van der Waals surface area (Å²) in [6.07, 6.45) is 1.74. The van der Waals surface area contributed by atoms with Gasteiger partial charge in [0, 0.05) is 17.1 Å². The van der Waals surface area contributed by atoms with E-state index in [1.54, 1.807) is 13.3 Å². The number of H-pyrrole nitrogens is 1. The van der Waals surface area contributed by atoms with Crippen LogP contribution in [0, 0.1) is 0 Å². The van der Waals surface area contributed by atoms with Crippen LogP contribution in [-0.4, -0.2) is 17.3 Å². The number of fused-ring (bicyclic) bond motifs is 1. The van der Waals surface area contributed by atoms with E-state index in [1.807, 2.05) is 18.2 Å². The van der Waals surface area contributed by atoms with Crippen molar-refractivity contribution in [2.75, 3.05) is 7.11 Å². The molecule has 1 aromatic heterocycles. The zero-order valence-corrected chi connectivity index (χ0v) is 9.47. The first kappa shape index (κ1) is 9.90. The van der Waals surface area contributed by atoms with Crippen LogP contribution in [0.5, 0.6) is 5.75 Å². The average Bonchev–Trinajstić information content (AvgIpc) is 2.91. The zero-order chi connectivity index (χ0) is 11.7. The van der Waals surface area contributed by atoms with Crippen LogP contribution in [0.2, 0.25) is 0 Å². The molecule has 2 aromatic carbocycles. The predicted molar refractivity (Wildman–Crippen MR) is 68.1 cm³/mol. The molecule has 0 saturated heterocycles. The lowest BCUT2D eigenvalue weighted by molar-refractivity contribution is 0.421. The molecule has 0 bridgehead atoms. The molecular formula is C14H12N2O. The molecule has 17 heavy (non-hydrogen) atoms. The number of benzene rings is 2. The molecule has 0 aliphatic rings. The van der Waals surface area contributed by atoms with E-state index in [1.165, 1.54) is 5.39 Å². The van der Waals surface area contributed by atoms with Gasteiger partial charge in [0.2, 0.25) is 0 Å². The molecule has 0 fully saturated rings. The molecule has 1 N–H and O–H groups in total. The Morgan fingerprint density at radius 1 is 1.06 bits per heavy atom. The minimum Gasteiger partial charge on any atom is -0.495 e. The fraction of sp³-hybridized carbons (Fsp3) is 0.0714. The summed E-state index contributed by atoms with van der Waals surface area (Å²) in [5.74, 6) is 0.882. The van der Waals surface area contributed by atoms with Gasteiger partial charge in [0.25, 0.3) is 0 Å². The average molecular weight is 224 g/mol. The Hall–Kier alpha value is -2.29. The van der Waals surface area contributed by atoms with Gasteiger partial charge in [-0.1, -0.05) is 30.3 Å². The molecular weight excluding hydrogens is 212 g/mol. The maximum Gasteiger partial charge on any atom is 0.136 e. The van der Waals surface area contributed by atoms with Crippen LogP contribution in [0.4, 0.5) is 0 Å². The van der Waals surface area contributed by atoms with Gasteiger partial charge in [-0.3, -0.25) is 5.10 Å². The fourth-order valence-electron chi connectivity index (χ4n) is 2.08. The van der Waals surface area contributed by atoms with Crippen LogP contribution in [0.3, 0.4) is 0 Å². The molecule has 3 aromatic rings. The number of nitrogens with one attached hydrogen (secondary N) is 1. The number of rotatable bonds is 2. The molecule has 0 amide bonds. The summed E-state index contributed by atoms with van der Waals surface area (Å²) in [7, 11) is 1.70.